The predicted molar refractivity (Wildman–Crippen MR) is 125 cm³/mol. The van der Waals surface area contributed by atoms with Crippen molar-refractivity contribution in [1.29, 1.82) is 0 Å². The summed E-state index contributed by atoms with van der Waals surface area (Å²) in [4.78, 5) is 37.3. The number of nitrogens with one attached hydrogen (secondary N) is 2. The lowest BCUT2D eigenvalue weighted by molar-refractivity contribution is -0.149. The van der Waals surface area contributed by atoms with Crippen LogP contribution in [0.25, 0.3) is 0 Å². The number of aromatic amines is 1. The Morgan fingerprint density at radius 3 is 2.55 bits per heavy atom. The molecule has 16 heteroatoms. The number of aliphatic hydroxyl groups is 1. The van der Waals surface area contributed by atoms with Crippen molar-refractivity contribution in [3.8, 4) is 5.75 Å². The number of carbonyl (C=O) groups is 1. The summed E-state index contributed by atoms with van der Waals surface area (Å²) in [7, 11) is -4.47. The van der Waals surface area contributed by atoms with Gasteiger partial charge >= 0.3 is 19.4 Å². The van der Waals surface area contributed by atoms with Crippen LogP contribution in [0.1, 0.15) is 27.0 Å². The summed E-state index contributed by atoms with van der Waals surface area (Å²) < 4.78 is 78.0. The summed E-state index contributed by atoms with van der Waals surface area (Å²) in [5.74, 6) is -2.23. The van der Waals surface area contributed by atoms with Crippen molar-refractivity contribution in [3.05, 3.63) is 63.2 Å². The van der Waals surface area contributed by atoms with Gasteiger partial charge in [-0.3, -0.25) is 23.7 Å². The van der Waals surface area contributed by atoms with E-state index in [9.17, 15) is 32.8 Å². The number of esters is 1. The Hall–Kier alpha value is -2.97. The van der Waals surface area contributed by atoms with E-state index in [4.69, 9.17) is 18.5 Å². The molecule has 0 spiro atoms. The van der Waals surface area contributed by atoms with Crippen LogP contribution in [0.2, 0.25) is 0 Å². The first-order valence-corrected chi connectivity index (χ1v) is 12.9. The molecule has 3 N–H and O–H groups in total. The molecule has 2 aromatic rings. The summed E-state index contributed by atoms with van der Waals surface area (Å²) >= 11 is 0. The molecule has 0 bridgehead atoms. The van der Waals surface area contributed by atoms with Crippen molar-refractivity contribution in [2.75, 3.05) is 13.3 Å². The molecule has 12 nitrogen and oxygen atoms in total. The van der Waals surface area contributed by atoms with Crippen molar-refractivity contribution in [3.63, 3.8) is 0 Å². The molecule has 2 heterocycles. The van der Waals surface area contributed by atoms with E-state index < -0.39 is 80.3 Å². The molecule has 1 aromatic heterocycles. The highest BCUT2D eigenvalue weighted by Crippen LogP contribution is 2.47. The highest BCUT2D eigenvalue weighted by atomic mass is 31.2. The normalized spacial score (nSPS) is 25.6. The third kappa shape index (κ3) is 6.53. The fourth-order valence-corrected chi connectivity index (χ4v) is 5.02. The number of nitrogens with zero attached hydrogens (tertiary/aromatic N) is 1. The number of ether oxygens (including phenoxy) is 2. The summed E-state index contributed by atoms with van der Waals surface area (Å²) in [6.45, 7) is 1.75. The number of H-pyrrole nitrogens is 1. The van der Waals surface area contributed by atoms with Gasteiger partial charge in [-0.25, -0.2) is 18.1 Å². The monoisotopic (exact) mass is 565 g/mol. The van der Waals surface area contributed by atoms with E-state index in [1.165, 1.54) is 19.1 Å². The number of halogens is 3. The molecule has 0 amide bonds. The minimum Gasteiger partial charge on any atom is -0.462 e. The number of hydrogen-bond donors (Lipinski definition) is 3. The van der Waals surface area contributed by atoms with Crippen LogP contribution < -0.4 is 20.9 Å². The van der Waals surface area contributed by atoms with Gasteiger partial charge in [0.05, 0.1) is 18.9 Å². The Labute approximate surface area is 214 Å². The summed E-state index contributed by atoms with van der Waals surface area (Å²) in [5.41, 5.74) is -6.01. The summed E-state index contributed by atoms with van der Waals surface area (Å²) in [6, 6.07) is 6.41. The molecule has 1 aliphatic heterocycles. The Morgan fingerprint density at radius 1 is 1.29 bits per heavy atom. The molecule has 1 aliphatic rings. The summed E-state index contributed by atoms with van der Waals surface area (Å²) in [6.07, 6.45) is -6.46. The van der Waals surface area contributed by atoms with Gasteiger partial charge in [-0.2, -0.15) is 9.48 Å². The van der Waals surface area contributed by atoms with Crippen LogP contribution in [-0.4, -0.2) is 63.9 Å². The zero-order valence-electron chi connectivity index (χ0n) is 20.5. The third-order valence-corrected chi connectivity index (χ3v) is 7.02. The minimum atomic E-state index is -4.47. The van der Waals surface area contributed by atoms with Gasteiger partial charge in [0, 0.05) is 0 Å². The lowest BCUT2D eigenvalue weighted by Gasteiger charge is -2.26. The van der Waals surface area contributed by atoms with Gasteiger partial charge in [-0.1, -0.05) is 18.2 Å². The SMILES string of the molecule is CC(C)OC(=O)[C@H](C)N[P@@](=O)(OC[C@H]1O[C@@H](n2cc(F)c(=O)[nH]c2=O)[C@@](F)(CF)C1O)Oc1ccccc1. The van der Waals surface area contributed by atoms with Crippen LogP contribution in [0.15, 0.2) is 46.1 Å². The molecule has 0 aliphatic carbocycles. The molecular weight excluding hydrogens is 538 g/mol. The number of aromatic nitrogens is 2. The van der Waals surface area contributed by atoms with Crippen LogP contribution in [0.3, 0.4) is 0 Å². The second kappa shape index (κ2) is 11.8. The first-order valence-electron chi connectivity index (χ1n) is 11.4. The number of rotatable bonds is 11. The third-order valence-electron chi connectivity index (χ3n) is 5.37. The molecule has 1 saturated heterocycles. The topological polar surface area (TPSA) is 158 Å². The number of benzene rings is 1. The van der Waals surface area contributed by atoms with Crippen molar-refractivity contribution in [1.82, 2.24) is 14.6 Å². The highest BCUT2D eigenvalue weighted by molar-refractivity contribution is 7.52. The molecule has 6 atom stereocenters. The van der Waals surface area contributed by atoms with E-state index in [0.29, 0.717) is 6.20 Å². The molecule has 210 valence electrons. The first kappa shape index (κ1) is 29.6. The Morgan fingerprint density at radius 2 is 1.95 bits per heavy atom. The largest absolute Gasteiger partial charge is 0.462 e. The minimum absolute atomic E-state index is 0.0531. The van der Waals surface area contributed by atoms with Gasteiger partial charge in [0.15, 0.2) is 6.23 Å². The van der Waals surface area contributed by atoms with E-state index in [2.05, 4.69) is 5.09 Å². The van der Waals surface area contributed by atoms with Crippen LogP contribution >= 0.6 is 7.75 Å². The van der Waals surface area contributed by atoms with Crippen molar-refractivity contribution >= 4 is 13.7 Å². The van der Waals surface area contributed by atoms with Gasteiger partial charge < -0.3 is 19.1 Å². The Bertz CT molecular complexity index is 1290. The average Bonchev–Trinajstić information content (AvgIpc) is 3.10. The second-order valence-electron chi connectivity index (χ2n) is 8.71. The quantitative estimate of drug-likeness (QED) is 0.271. The highest BCUT2D eigenvalue weighted by Gasteiger charge is 2.59. The van der Waals surface area contributed by atoms with Crippen LogP contribution in [0.5, 0.6) is 5.75 Å². The van der Waals surface area contributed by atoms with Crippen LogP contribution in [0, 0.1) is 5.82 Å². The average molecular weight is 565 g/mol. The van der Waals surface area contributed by atoms with Gasteiger partial charge in [0.1, 0.15) is 30.7 Å². The number of para-hydroxylation sites is 1. The number of carbonyl (C=O) groups excluding carboxylic acids is 1. The maximum absolute atomic E-state index is 15.5. The maximum atomic E-state index is 15.5. The Balaban J connectivity index is 1.85. The fraction of sp³-hybridized carbons (Fsp3) is 0.500. The molecule has 3 rings (SSSR count). The molecule has 1 fully saturated rings. The van der Waals surface area contributed by atoms with E-state index in [1.54, 1.807) is 37.0 Å². The van der Waals surface area contributed by atoms with E-state index in [1.807, 2.05) is 0 Å². The smallest absolute Gasteiger partial charge is 0.459 e. The van der Waals surface area contributed by atoms with E-state index in [0.717, 1.165) is 0 Å². The number of hydrogen-bond acceptors (Lipinski definition) is 9. The molecule has 1 aromatic carbocycles. The van der Waals surface area contributed by atoms with Crippen molar-refractivity contribution in [2.24, 2.45) is 0 Å². The predicted octanol–water partition coefficient (Wildman–Crippen LogP) is 1.75. The van der Waals surface area contributed by atoms with Gasteiger partial charge in [0.2, 0.25) is 11.5 Å². The molecule has 0 radical (unpaired) electrons. The first-order chi connectivity index (χ1) is 17.8. The zero-order valence-corrected chi connectivity index (χ0v) is 21.4. The van der Waals surface area contributed by atoms with Gasteiger partial charge in [-0.05, 0) is 32.9 Å². The maximum Gasteiger partial charge on any atom is 0.459 e. The molecule has 38 heavy (non-hydrogen) atoms. The second-order valence-corrected chi connectivity index (χ2v) is 10.4. The van der Waals surface area contributed by atoms with E-state index in [-0.39, 0.29) is 10.3 Å². The summed E-state index contributed by atoms with van der Waals surface area (Å²) in [5, 5.41) is 12.9. The molecule has 0 saturated carbocycles. The van der Waals surface area contributed by atoms with Gasteiger partial charge in [-0.15, -0.1) is 0 Å². The van der Waals surface area contributed by atoms with Gasteiger partial charge in [0.25, 0.3) is 5.56 Å². The standard InChI is InChI=1S/C22H27F3N3O9P/c1-12(2)35-19(31)13(3)27-38(33,37-14-7-5-4-6-8-14)34-10-16-17(29)22(25,11-23)20(36-16)28-9-15(24)18(30)26-21(28)32/h4-9,12-13,16-17,20,29H,10-11H2,1-3H3,(H,27,33)(H,26,30,32)/t13-,16+,17?,20+,22+,38+/m0/s1. The van der Waals surface area contributed by atoms with Crippen LogP contribution in [0.4, 0.5) is 13.2 Å². The fourth-order valence-electron chi connectivity index (χ4n) is 3.52. The molecule has 1 unspecified atom stereocenters. The van der Waals surface area contributed by atoms with Crippen molar-refractivity contribution < 1.29 is 46.2 Å². The zero-order chi connectivity index (χ0) is 28.3. The molecular formula is C22H27F3N3O9P. The lowest BCUT2D eigenvalue weighted by Crippen LogP contribution is -2.48. The van der Waals surface area contributed by atoms with Crippen LogP contribution in [-0.2, 0) is 23.4 Å². The number of aliphatic hydroxyl groups excluding tert-OH is 1. The lowest BCUT2D eigenvalue weighted by atomic mass is 9.97. The Kier molecular flexibility index (Phi) is 9.21. The van der Waals surface area contributed by atoms with E-state index >= 15 is 4.39 Å². The number of alkyl halides is 2. The van der Waals surface area contributed by atoms with Crippen molar-refractivity contribution in [2.45, 2.75) is 57.0 Å².